The first-order valence-electron chi connectivity index (χ1n) is 5.42. The number of hydrogen-bond acceptors (Lipinski definition) is 2. The number of aromatic nitrogens is 2. The largest absolute Gasteiger partial charge is 0.248 e. The second kappa shape index (κ2) is 4.35. The molecule has 0 aliphatic carbocycles. The lowest BCUT2D eigenvalue weighted by atomic mass is 10.1. The Morgan fingerprint density at radius 3 is 2.67 bits per heavy atom. The van der Waals surface area contributed by atoms with Gasteiger partial charge in [0.2, 0.25) is 0 Å². The molecule has 0 unspecified atom stereocenters. The van der Waals surface area contributed by atoms with Crippen LogP contribution < -0.4 is 0 Å². The summed E-state index contributed by atoms with van der Waals surface area (Å²) in [5.74, 6) is -0.287. The molecule has 3 aromatic rings. The van der Waals surface area contributed by atoms with E-state index in [0.717, 1.165) is 5.39 Å². The lowest BCUT2D eigenvalue weighted by Gasteiger charge is -2.04. The Balaban J connectivity index is 2.23. The molecular formula is C14H8ClFN2. The molecule has 0 amide bonds. The van der Waals surface area contributed by atoms with Crippen LogP contribution in [0.3, 0.4) is 0 Å². The van der Waals surface area contributed by atoms with Crippen LogP contribution in [-0.2, 0) is 0 Å². The van der Waals surface area contributed by atoms with Crippen LogP contribution in [0.4, 0.5) is 4.39 Å². The van der Waals surface area contributed by atoms with Gasteiger partial charge in [-0.2, -0.15) is 0 Å². The Labute approximate surface area is 108 Å². The number of halogens is 2. The van der Waals surface area contributed by atoms with Crippen LogP contribution in [0, 0.1) is 5.82 Å². The van der Waals surface area contributed by atoms with Crippen molar-refractivity contribution < 1.29 is 4.39 Å². The van der Waals surface area contributed by atoms with Crippen LogP contribution >= 0.6 is 11.6 Å². The van der Waals surface area contributed by atoms with Gasteiger partial charge in [0, 0.05) is 17.1 Å². The molecule has 0 atom stereocenters. The lowest BCUT2D eigenvalue weighted by Crippen LogP contribution is -1.89. The van der Waals surface area contributed by atoms with Crippen molar-refractivity contribution in [3.63, 3.8) is 0 Å². The molecular weight excluding hydrogens is 251 g/mol. The van der Waals surface area contributed by atoms with Crippen molar-refractivity contribution in [1.82, 2.24) is 9.97 Å². The minimum atomic E-state index is -0.287. The molecule has 2 nitrogen and oxygen atoms in total. The fourth-order valence-corrected chi connectivity index (χ4v) is 2.05. The van der Waals surface area contributed by atoms with Gasteiger partial charge in [-0.3, -0.25) is 0 Å². The van der Waals surface area contributed by atoms with Gasteiger partial charge in [0.15, 0.2) is 0 Å². The van der Waals surface area contributed by atoms with E-state index in [0.29, 0.717) is 21.9 Å². The summed E-state index contributed by atoms with van der Waals surface area (Å²) >= 11 is 5.96. The molecule has 4 heteroatoms. The highest BCUT2D eigenvalue weighted by molar-refractivity contribution is 6.34. The highest BCUT2D eigenvalue weighted by Crippen LogP contribution is 2.25. The van der Waals surface area contributed by atoms with Gasteiger partial charge in [0.25, 0.3) is 0 Å². The van der Waals surface area contributed by atoms with Crippen molar-refractivity contribution in [1.29, 1.82) is 0 Å². The van der Waals surface area contributed by atoms with E-state index >= 15 is 0 Å². The predicted octanol–water partition coefficient (Wildman–Crippen LogP) is 4.09. The van der Waals surface area contributed by atoms with Crippen LogP contribution in [0.15, 0.2) is 48.7 Å². The Morgan fingerprint density at radius 1 is 1.00 bits per heavy atom. The molecule has 2 aromatic heterocycles. The van der Waals surface area contributed by atoms with Crippen molar-refractivity contribution in [3.05, 3.63) is 59.6 Å². The molecule has 0 saturated heterocycles. The van der Waals surface area contributed by atoms with E-state index in [1.54, 1.807) is 42.6 Å². The fraction of sp³-hybridized carbons (Fsp3) is 0. The van der Waals surface area contributed by atoms with Gasteiger partial charge in [-0.1, -0.05) is 23.7 Å². The van der Waals surface area contributed by atoms with E-state index in [1.807, 2.05) is 0 Å². The van der Waals surface area contributed by atoms with E-state index in [2.05, 4.69) is 9.97 Å². The summed E-state index contributed by atoms with van der Waals surface area (Å²) in [5.41, 5.74) is 1.77. The summed E-state index contributed by atoms with van der Waals surface area (Å²) in [4.78, 5) is 8.38. The van der Waals surface area contributed by atoms with Crippen LogP contribution in [0.5, 0.6) is 0 Å². The maximum absolute atomic E-state index is 13.7. The average molecular weight is 259 g/mol. The molecule has 0 radical (unpaired) electrons. The van der Waals surface area contributed by atoms with E-state index < -0.39 is 0 Å². The fourth-order valence-electron chi connectivity index (χ4n) is 1.84. The van der Waals surface area contributed by atoms with Crippen molar-refractivity contribution in [2.45, 2.75) is 0 Å². The predicted molar refractivity (Wildman–Crippen MR) is 69.9 cm³/mol. The van der Waals surface area contributed by atoms with Gasteiger partial charge in [-0.25, -0.2) is 14.4 Å². The molecule has 0 aliphatic heterocycles. The van der Waals surface area contributed by atoms with Crippen LogP contribution in [0.1, 0.15) is 0 Å². The third-order valence-corrected chi connectivity index (χ3v) is 3.02. The van der Waals surface area contributed by atoms with Gasteiger partial charge in [0.05, 0.1) is 11.2 Å². The number of fused-ring (bicyclic) bond motifs is 1. The van der Waals surface area contributed by atoms with Gasteiger partial charge < -0.3 is 0 Å². The van der Waals surface area contributed by atoms with E-state index in [-0.39, 0.29) is 5.82 Å². The lowest BCUT2D eigenvalue weighted by molar-refractivity contribution is 0.631. The molecule has 0 fully saturated rings. The first-order chi connectivity index (χ1) is 8.75. The van der Waals surface area contributed by atoms with Crippen LogP contribution in [0.25, 0.3) is 22.2 Å². The highest BCUT2D eigenvalue weighted by Gasteiger charge is 2.07. The summed E-state index contributed by atoms with van der Waals surface area (Å²) in [6.45, 7) is 0. The highest BCUT2D eigenvalue weighted by atomic mass is 35.5. The number of hydrogen-bond donors (Lipinski definition) is 0. The number of pyridine rings is 2. The summed E-state index contributed by atoms with van der Waals surface area (Å²) in [6.07, 6.45) is 1.59. The minimum absolute atomic E-state index is 0.287. The zero-order valence-corrected chi connectivity index (χ0v) is 10.0. The number of rotatable bonds is 1. The Morgan fingerprint density at radius 2 is 1.83 bits per heavy atom. The molecule has 2 heterocycles. The molecule has 1 aromatic carbocycles. The monoisotopic (exact) mass is 258 g/mol. The van der Waals surface area contributed by atoms with Gasteiger partial charge in [-0.05, 0) is 30.3 Å². The van der Waals surface area contributed by atoms with Crippen molar-refractivity contribution in [3.8, 4) is 11.3 Å². The minimum Gasteiger partial charge on any atom is -0.248 e. The Hall–Kier alpha value is -2.00. The maximum Gasteiger partial charge on any atom is 0.138 e. The quantitative estimate of drug-likeness (QED) is 0.615. The van der Waals surface area contributed by atoms with E-state index in [9.17, 15) is 4.39 Å². The van der Waals surface area contributed by atoms with Gasteiger partial charge >= 0.3 is 0 Å². The van der Waals surface area contributed by atoms with Crippen LogP contribution in [-0.4, -0.2) is 9.97 Å². The molecule has 18 heavy (non-hydrogen) atoms. The number of nitrogens with zero attached hydrogens (tertiary/aromatic N) is 2. The van der Waals surface area contributed by atoms with Crippen LogP contribution in [0.2, 0.25) is 5.15 Å². The van der Waals surface area contributed by atoms with Crippen molar-refractivity contribution in [2.24, 2.45) is 0 Å². The SMILES string of the molecule is Fc1ccccc1-c1ccc2c(Cl)nccc2n1. The second-order valence-corrected chi connectivity index (χ2v) is 4.20. The molecule has 3 rings (SSSR count). The standard InChI is InChI=1S/C14H8ClFN2/c15-14-10-5-6-12(18-13(10)7-8-17-14)9-3-1-2-4-11(9)16/h1-8H. The zero-order valence-electron chi connectivity index (χ0n) is 9.27. The summed E-state index contributed by atoms with van der Waals surface area (Å²) in [5, 5.41) is 1.17. The molecule has 0 aliphatic rings. The summed E-state index contributed by atoms with van der Waals surface area (Å²) in [7, 11) is 0. The van der Waals surface area contributed by atoms with Crippen molar-refractivity contribution in [2.75, 3.05) is 0 Å². The molecule has 0 spiro atoms. The first-order valence-corrected chi connectivity index (χ1v) is 5.79. The average Bonchev–Trinajstić information content (AvgIpc) is 2.39. The molecule has 88 valence electrons. The third-order valence-electron chi connectivity index (χ3n) is 2.72. The van der Waals surface area contributed by atoms with Crippen molar-refractivity contribution >= 4 is 22.5 Å². The second-order valence-electron chi connectivity index (χ2n) is 3.84. The summed E-state index contributed by atoms with van der Waals surface area (Å²) < 4.78 is 13.7. The zero-order chi connectivity index (χ0) is 12.5. The Bertz CT molecular complexity index is 728. The topological polar surface area (TPSA) is 25.8 Å². The van der Waals surface area contributed by atoms with Gasteiger partial charge in [-0.15, -0.1) is 0 Å². The summed E-state index contributed by atoms with van der Waals surface area (Å²) in [6, 6.07) is 11.9. The molecule has 0 saturated carbocycles. The van der Waals surface area contributed by atoms with Gasteiger partial charge in [0.1, 0.15) is 11.0 Å². The van der Waals surface area contributed by atoms with E-state index in [1.165, 1.54) is 6.07 Å². The normalized spacial score (nSPS) is 10.8. The van der Waals surface area contributed by atoms with E-state index in [4.69, 9.17) is 11.6 Å². The Kier molecular flexibility index (Phi) is 2.68. The maximum atomic E-state index is 13.7. The molecule has 0 N–H and O–H groups in total. The molecule has 0 bridgehead atoms. The third kappa shape index (κ3) is 1.83. The smallest absolute Gasteiger partial charge is 0.138 e. The number of benzene rings is 1. The first kappa shape index (κ1) is 11.1.